The number of methoxy groups -OCH3 is 2. The Morgan fingerprint density at radius 2 is 1.70 bits per heavy atom. The summed E-state index contributed by atoms with van der Waals surface area (Å²) in [6, 6.07) is 3.66. The lowest BCUT2D eigenvalue weighted by molar-refractivity contribution is -0.127. The number of benzene rings is 2. The van der Waals surface area contributed by atoms with Crippen molar-refractivity contribution in [3.05, 3.63) is 69.9 Å². The van der Waals surface area contributed by atoms with Gasteiger partial charge in [0, 0.05) is 61.3 Å². The normalized spacial score (nSPS) is 15.5. The molecule has 0 saturated carbocycles. The summed E-state index contributed by atoms with van der Waals surface area (Å²) in [7, 11) is 6.71. The fourth-order valence-electron chi connectivity index (χ4n) is 5.42. The maximum absolute atomic E-state index is 14.4. The van der Waals surface area contributed by atoms with Gasteiger partial charge in [0.2, 0.25) is 11.9 Å². The van der Waals surface area contributed by atoms with Gasteiger partial charge in [-0.1, -0.05) is 29.3 Å². The zero-order valence-electron chi connectivity index (χ0n) is 25.7. The number of nitrogens with one attached hydrogen (secondary N) is 1. The lowest BCUT2D eigenvalue weighted by atomic mass is 10.0. The van der Waals surface area contributed by atoms with Gasteiger partial charge in [0.15, 0.2) is 0 Å². The number of halogens is 4. The van der Waals surface area contributed by atoms with Gasteiger partial charge in [-0.05, 0) is 39.1 Å². The molecule has 2 aliphatic heterocycles. The lowest BCUT2D eigenvalue weighted by Crippen LogP contribution is -2.55. The first kappa shape index (κ1) is 33.2. The van der Waals surface area contributed by atoms with Crippen molar-refractivity contribution in [1.29, 1.82) is 0 Å². The predicted molar refractivity (Wildman–Crippen MR) is 173 cm³/mol. The quantitative estimate of drug-likeness (QED) is 0.281. The Hall–Kier alpha value is -4.20. The highest BCUT2D eigenvalue weighted by Crippen LogP contribution is 2.48. The minimum Gasteiger partial charge on any atom is -0.495 e. The topological polar surface area (TPSA) is 103 Å². The number of carbonyl (C=O) groups excluding carboxylic acids is 2. The van der Waals surface area contributed by atoms with Gasteiger partial charge in [-0.3, -0.25) is 14.6 Å². The van der Waals surface area contributed by atoms with E-state index in [1.165, 1.54) is 31.4 Å². The molecule has 2 aliphatic rings. The van der Waals surface area contributed by atoms with E-state index in [0.29, 0.717) is 43.9 Å². The number of carbonyl (C=O) groups is 2. The molecule has 0 radical (unpaired) electrons. The van der Waals surface area contributed by atoms with Crippen molar-refractivity contribution in [1.82, 2.24) is 19.8 Å². The average Bonchev–Trinajstić information content (AvgIpc) is 3.01. The number of aromatic nitrogens is 2. The second kappa shape index (κ2) is 14.1. The van der Waals surface area contributed by atoms with E-state index in [-0.39, 0.29) is 57.4 Å². The third-order valence-electron chi connectivity index (χ3n) is 7.65. The van der Waals surface area contributed by atoms with Crippen LogP contribution in [0.15, 0.2) is 42.6 Å². The third kappa shape index (κ3) is 6.96. The molecule has 1 saturated heterocycles. The number of fused-ring (bicyclic) bond motifs is 1. The molecule has 3 aromatic rings. The molecule has 1 aromatic heterocycles. The van der Waals surface area contributed by atoms with Crippen molar-refractivity contribution in [3.63, 3.8) is 0 Å². The second-order valence-corrected chi connectivity index (χ2v) is 11.8. The Morgan fingerprint density at radius 3 is 2.28 bits per heavy atom. The Morgan fingerprint density at radius 1 is 1.07 bits per heavy atom. The largest absolute Gasteiger partial charge is 0.495 e. The van der Waals surface area contributed by atoms with E-state index in [1.54, 1.807) is 15.9 Å². The molecular weight excluding hydrogens is 643 g/mol. The molecule has 244 valence electrons. The van der Waals surface area contributed by atoms with Crippen LogP contribution in [0.5, 0.6) is 11.5 Å². The van der Waals surface area contributed by atoms with E-state index >= 15 is 0 Å². The summed E-state index contributed by atoms with van der Waals surface area (Å²) in [5.74, 6) is -0.779. The highest BCUT2D eigenvalue weighted by molar-refractivity contribution is 6.42. The van der Waals surface area contributed by atoms with E-state index in [0.717, 1.165) is 18.2 Å². The highest BCUT2D eigenvalue weighted by atomic mass is 35.5. The number of hydrogen-bond donors (Lipinski definition) is 1. The van der Waals surface area contributed by atoms with Gasteiger partial charge in [0.1, 0.15) is 39.0 Å². The van der Waals surface area contributed by atoms with Crippen LogP contribution in [0.3, 0.4) is 0 Å². The molecule has 3 heterocycles. The molecule has 46 heavy (non-hydrogen) atoms. The molecule has 1 fully saturated rings. The van der Waals surface area contributed by atoms with E-state index in [1.807, 2.05) is 25.1 Å². The van der Waals surface area contributed by atoms with Crippen molar-refractivity contribution < 1.29 is 27.8 Å². The van der Waals surface area contributed by atoms with Crippen molar-refractivity contribution in [2.45, 2.75) is 25.4 Å². The minimum absolute atomic E-state index is 0.00328. The Balaban J connectivity index is 1.51. The fourth-order valence-corrected chi connectivity index (χ4v) is 6.12. The van der Waals surface area contributed by atoms with Crippen LogP contribution in [0, 0.1) is 11.6 Å². The SMILES string of the molecule is COc1cc(OC)c(Cl)c(N2Cc3cnc(Nc4cc(F)cc(F)c4)nc3N(C3CCN(C(=O)/C=C/CN(C)C)CC3)C2=O)c1Cl. The van der Waals surface area contributed by atoms with Crippen LogP contribution >= 0.6 is 23.2 Å². The first-order valence-electron chi connectivity index (χ1n) is 14.4. The van der Waals surface area contributed by atoms with Gasteiger partial charge in [0.05, 0.1) is 26.5 Å². The zero-order valence-corrected chi connectivity index (χ0v) is 27.2. The van der Waals surface area contributed by atoms with E-state index in [2.05, 4.69) is 15.3 Å². The number of anilines is 4. The average molecular weight is 677 g/mol. The molecule has 5 rings (SSSR count). The highest BCUT2D eigenvalue weighted by Gasteiger charge is 2.41. The number of urea groups is 1. The minimum atomic E-state index is -0.770. The molecule has 0 atom stereocenters. The molecule has 0 bridgehead atoms. The predicted octanol–water partition coefficient (Wildman–Crippen LogP) is 5.88. The summed E-state index contributed by atoms with van der Waals surface area (Å²) in [4.78, 5) is 42.9. The number of nitrogens with zero attached hydrogens (tertiary/aromatic N) is 6. The lowest BCUT2D eigenvalue weighted by Gasteiger charge is -2.43. The van der Waals surface area contributed by atoms with Crippen molar-refractivity contribution in [2.24, 2.45) is 0 Å². The number of rotatable bonds is 9. The molecule has 1 N–H and O–H groups in total. The summed E-state index contributed by atoms with van der Waals surface area (Å²) in [5.41, 5.74) is 0.856. The maximum atomic E-state index is 14.4. The van der Waals surface area contributed by atoms with Crippen LogP contribution in [0.4, 0.5) is 36.7 Å². The van der Waals surface area contributed by atoms with Crippen molar-refractivity contribution in [2.75, 3.05) is 63.1 Å². The first-order chi connectivity index (χ1) is 22.0. The third-order valence-corrected chi connectivity index (χ3v) is 8.38. The molecular formula is C31H33Cl2F2N7O4. The van der Waals surface area contributed by atoms with E-state index in [9.17, 15) is 18.4 Å². The van der Waals surface area contributed by atoms with Gasteiger partial charge in [-0.25, -0.2) is 18.6 Å². The van der Waals surface area contributed by atoms with Crippen LogP contribution in [-0.4, -0.2) is 85.7 Å². The summed E-state index contributed by atoms with van der Waals surface area (Å²) in [6.45, 7) is 1.45. The Labute approximate surface area is 275 Å². The van der Waals surface area contributed by atoms with Crippen molar-refractivity contribution >= 4 is 58.3 Å². The second-order valence-electron chi connectivity index (χ2n) is 11.0. The van der Waals surface area contributed by atoms with Gasteiger partial charge in [-0.2, -0.15) is 4.98 Å². The van der Waals surface area contributed by atoms with Gasteiger partial charge in [0.25, 0.3) is 0 Å². The van der Waals surface area contributed by atoms with E-state index in [4.69, 9.17) is 32.7 Å². The number of likely N-dealkylation sites (tertiary alicyclic amines) is 1. The Bertz CT molecular complexity index is 1620. The molecule has 0 unspecified atom stereocenters. The number of hydrogen-bond acceptors (Lipinski definition) is 8. The van der Waals surface area contributed by atoms with Crippen LogP contribution in [0.25, 0.3) is 0 Å². The maximum Gasteiger partial charge on any atom is 0.330 e. The van der Waals surface area contributed by atoms with Crippen LogP contribution in [-0.2, 0) is 11.3 Å². The molecule has 11 nitrogen and oxygen atoms in total. The molecule has 0 spiro atoms. The van der Waals surface area contributed by atoms with Crippen LogP contribution in [0.1, 0.15) is 18.4 Å². The van der Waals surface area contributed by atoms with Crippen LogP contribution in [0.2, 0.25) is 10.0 Å². The molecule has 15 heteroatoms. The number of piperidine rings is 1. The number of amides is 3. The molecule has 3 amide bonds. The summed E-state index contributed by atoms with van der Waals surface area (Å²) in [5, 5.41) is 3.05. The smallest absolute Gasteiger partial charge is 0.330 e. The van der Waals surface area contributed by atoms with Gasteiger partial charge >= 0.3 is 6.03 Å². The van der Waals surface area contributed by atoms with Gasteiger partial charge < -0.3 is 24.6 Å². The van der Waals surface area contributed by atoms with Crippen molar-refractivity contribution in [3.8, 4) is 11.5 Å². The number of likely N-dealkylation sites (N-methyl/N-ethyl adjacent to an activating group) is 1. The molecule has 0 aliphatic carbocycles. The standard InChI is InChI=1S/C31H33Cl2F2N7O4/c1-39(2)9-5-6-25(43)40-10-7-22(8-11-40)42-29-18(16-36-30(38-29)37-21-13-19(34)12-20(35)14-21)17-41(31(42)44)28-26(32)23(45-3)15-24(46-4)27(28)33/h5-6,12-16,22H,7-11,17H2,1-4H3,(H,36,37,38)/b6-5+. The van der Waals surface area contributed by atoms with Crippen LogP contribution < -0.4 is 24.6 Å². The van der Waals surface area contributed by atoms with Gasteiger partial charge in [-0.15, -0.1) is 0 Å². The zero-order chi connectivity index (χ0) is 33.1. The summed E-state index contributed by atoms with van der Waals surface area (Å²) < 4.78 is 38.6. The summed E-state index contributed by atoms with van der Waals surface area (Å²) in [6.07, 6.45) is 5.81. The first-order valence-corrected chi connectivity index (χ1v) is 15.2. The Kier molecular flexibility index (Phi) is 10.1. The summed E-state index contributed by atoms with van der Waals surface area (Å²) >= 11 is 13.4. The fraction of sp³-hybridized carbons (Fsp3) is 0.355. The molecule has 2 aromatic carbocycles. The van der Waals surface area contributed by atoms with E-state index < -0.39 is 17.7 Å². The number of ether oxygens (including phenoxy) is 2. The monoisotopic (exact) mass is 675 g/mol.